The number of rotatable bonds is 2. The van der Waals surface area contributed by atoms with E-state index in [9.17, 15) is 4.79 Å². The molecule has 0 unspecified atom stereocenters. The number of halogens is 1. The Balaban J connectivity index is 2.12. The van der Waals surface area contributed by atoms with Gasteiger partial charge in [-0.1, -0.05) is 17.7 Å². The molecule has 0 aliphatic rings. The number of H-pyrrole nitrogens is 1. The second-order valence-corrected chi connectivity index (χ2v) is 5.05. The predicted octanol–water partition coefficient (Wildman–Crippen LogP) is 3.22. The molecule has 0 atom stereocenters. The first-order chi connectivity index (χ1) is 9.54. The second-order valence-electron chi connectivity index (χ2n) is 4.61. The first-order valence-electron chi connectivity index (χ1n) is 6.02. The average Bonchev–Trinajstić information content (AvgIpc) is 2.79. The standard InChI is InChI=1S/C15H12ClN3O/c16-9-1-2-12-13(7-19-14(12)5-9)15(20)8-3-10(17)6-11(18)4-8/h1-7,19H,17-18H2. The third-order valence-electron chi connectivity index (χ3n) is 3.13. The fourth-order valence-corrected chi connectivity index (χ4v) is 2.42. The van der Waals surface area contributed by atoms with Crippen LogP contribution in [0, 0.1) is 0 Å². The van der Waals surface area contributed by atoms with E-state index < -0.39 is 0 Å². The molecule has 0 saturated carbocycles. The van der Waals surface area contributed by atoms with E-state index in [2.05, 4.69) is 4.98 Å². The number of hydrogen-bond donors (Lipinski definition) is 3. The zero-order valence-corrected chi connectivity index (χ0v) is 11.2. The molecule has 0 bridgehead atoms. The number of ketones is 1. The molecule has 3 rings (SSSR count). The molecule has 4 nitrogen and oxygen atoms in total. The van der Waals surface area contributed by atoms with Crippen molar-refractivity contribution in [2.45, 2.75) is 0 Å². The lowest BCUT2D eigenvalue weighted by Gasteiger charge is -2.03. The molecule has 0 aliphatic carbocycles. The van der Waals surface area contributed by atoms with Gasteiger partial charge in [0.15, 0.2) is 5.78 Å². The fourth-order valence-electron chi connectivity index (χ4n) is 2.25. The lowest BCUT2D eigenvalue weighted by molar-refractivity contribution is 0.104. The minimum absolute atomic E-state index is 0.127. The van der Waals surface area contributed by atoms with Gasteiger partial charge in [0.1, 0.15) is 0 Å². The van der Waals surface area contributed by atoms with Crippen molar-refractivity contribution in [2.75, 3.05) is 11.5 Å². The molecule has 0 saturated heterocycles. The Morgan fingerprint density at radius 3 is 2.45 bits per heavy atom. The van der Waals surface area contributed by atoms with Crippen LogP contribution in [-0.4, -0.2) is 10.8 Å². The van der Waals surface area contributed by atoms with Crippen LogP contribution in [0.5, 0.6) is 0 Å². The first-order valence-corrected chi connectivity index (χ1v) is 6.40. The van der Waals surface area contributed by atoms with E-state index in [-0.39, 0.29) is 5.78 Å². The summed E-state index contributed by atoms with van der Waals surface area (Å²) in [5.74, 6) is -0.127. The maximum atomic E-state index is 12.5. The van der Waals surface area contributed by atoms with Gasteiger partial charge in [-0.25, -0.2) is 0 Å². The van der Waals surface area contributed by atoms with Crippen LogP contribution in [0.15, 0.2) is 42.6 Å². The van der Waals surface area contributed by atoms with Crippen LogP contribution < -0.4 is 11.5 Å². The molecular formula is C15H12ClN3O. The predicted molar refractivity (Wildman–Crippen MR) is 82.0 cm³/mol. The Bertz CT molecular complexity index is 803. The van der Waals surface area contributed by atoms with E-state index in [1.165, 1.54) is 0 Å². The van der Waals surface area contributed by atoms with Gasteiger partial charge >= 0.3 is 0 Å². The number of benzene rings is 2. The Morgan fingerprint density at radius 2 is 1.75 bits per heavy atom. The summed E-state index contributed by atoms with van der Waals surface area (Å²) in [6, 6.07) is 10.2. The van der Waals surface area contributed by atoms with Gasteiger partial charge < -0.3 is 16.5 Å². The SMILES string of the molecule is Nc1cc(N)cc(C(=O)c2c[nH]c3cc(Cl)ccc23)c1. The normalized spacial score (nSPS) is 10.8. The van der Waals surface area contributed by atoms with E-state index in [0.29, 0.717) is 27.5 Å². The van der Waals surface area contributed by atoms with Gasteiger partial charge in [0, 0.05) is 44.6 Å². The number of aromatic amines is 1. The first kappa shape index (κ1) is 12.6. The zero-order valence-electron chi connectivity index (χ0n) is 10.5. The number of carbonyl (C=O) groups is 1. The number of fused-ring (bicyclic) bond motifs is 1. The number of aromatic nitrogens is 1. The second kappa shape index (κ2) is 4.58. The molecule has 1 heterocycles. The van der Waals surface area contributed by atoms with Gasteiger partial charge in [0.05, 0.1) is 0 Å². The number of carbonyl (C=O) groups excluding carboxylic acids is 1. The van der Waals surface area contributed by atoms with Crippen molar-refractivity contribution in [3.8, 4) is 0 Å². The number of nitrogen functional groups attached to an aromatic ring is 2. The molecule has 20 heavy (non-hydrogen) atoms. The van der Waals surface area contributed by atoms with Gasteiger partial charge in [0.2, 0.25) is 0 Å². The van der Waals surface area contributed by atoms with Crippen molar-refractivity contribution >= 4 is 39.7 Å². The smallest absolute Gasteiger partial charge is 0.195 e. The van der Waals surface area contributed by atoms with Crippen LogP contribution in [0.1, 0.15) is 15.9 Å². The molecule has 100 valence electrons. The number of hydrogen-bond acceptors (Lipinski definition) is 3. The van der Waals surface area contributed by atoms with E-state index in [4.69, 9.17) is 23.1 Å². The molecule has 0 fully saturated rings. The lowest BCUT2D eigenvalue weighted by Crippen LogP contribution is -2.03. The Hall–Kier alpha value is -2.46. The van der Waals surface area contributed by atoms with Crippen molar-refractivity contribution in [2.24, 2.45) is 0 Å². The van der Waals surface area contributed by atoms with E-state index in [1.54, 1.807) is 36.5 Å². The molecule has 3 aromatic rings. The highest BCUT2D eigenvalue weighted by atomic mass is 35.5. The monoisotopic (exact) mass is 285 g/mol. The molecule has 1 aromatic heterocycles. The van der Waals surface area contributed by atoms with Crippen LogP contribution in [0.25, 0.3) is 10.9 Å². The third-order valence-corrected chi connectivity index (χ3v) is 3.36. The summed E-state index contributed by atoms with van der Waals surface area (Å²) in [7, 11) is 0. The van der Waals surface area contributed by atoms with E-state index >= 15 is 0 Å². The molecule has 0 aliphatic heterocycles. The van der Waals surface area contributed by atoms with Crippen molar-refractivity contribution < 1.29 is 4.79 Å². The highest BCUT2D eigenvalue weighted by molar-refractivity contribution is 6.31. The average molecular weight is 286 g/mol. The minimum Gasteiger partial charge on any atom is -0.399 e. The van der Waals surface area contributed by atoms with E-state index in [1.807, 2.05) is 6.07 Å². The number of nitrogens with two attached hydrogens (primary N) is 2. The Labute approximate surface area is 120 Å². The van der Waals surface area contributed by atoms with Crippen molar-refractivity contribution in [3.05, 3.63) is 58.7 Å². The zero-order chi connectivity index (χ0) is 14.3. The van der Waals surface area contributed by atoms with Crippen LogP contribution in [0.4, 0.5) is 11.4 Å². The van der Waals surface area contributed by atoms with Crippen LogP contribution in [-0.2, 0) is 0 Å². The molecule has 2 aromatic carbocycles. The maximum absolute atomic E-state index is 12.5. The maximum Gasteiger partial charge on any atom is 0.195 e. The molecule has 0 spiro atoms. The summed E-state index contributed by atoms with van der Waals surface area (Å²) in [5, 5.41) is 1.44. The Kier molecular flexibility index (Phi) is 2.88. The van der Waals surface area contributed by atoms with Crippen molar-refractivity contribution in [1.29, 1.82) is 0 Å². The number of nitrogens with one attached hydrogen (secondary N) is 1. The van der Waals surface area contributed by atoms with Gasteiger partial charge in [0.25, 0.3) is 0 Å². The van der Waals surface area contributed by atoms with Crippen molar-refractivity contribution in [3.63, 3.8) is 0 Å². The minimum atomic E-state index is -0.127. The van der Waals surface area contributed by atoms with Gasteiger partial charge in [-0.2, -0.15) is 0 Å². The fraction of sp³-hybridized carbons (Fsp3) is 0. The summed E-state index contributed by atoms with van der Waals surface area (Å²) in [4.78, 5) is 15.6. The summed E-state index contributed by atoms with van der Waals surface area (Å²) in [5.41, 5.74) is 14.2. The lowest BCUT2D eigenvalue weighted by atomic mass is 10.0. The molecule has 0 radical (unpaired) electrons. The van der Waals surface area contributed by atoms with Crippen LogP contribution in [0.3, 0.4) is 0 Å². The van der Waals surface area contributed by atoms with Gasteiger partial charge in [-0.3, -0.25) is 4.79 Å². The third kappa shape index (κ3) is 2.10. The topological polar surface area (TPSA) is 84.9 Å². The highest BCUT2D eigenvalue weighted by Crippen LogP contribution is 2.25. The van der Waals surface area contributed by atoms with Crippen molar-refractivity contribution in [1.82, 2.24) is 4.98 Å². The molecule has 5 heteroatoms. The van der Waals surface area contributed by atoms with Gasteiger partial charge in [-0.15, -0.1) is 0 Å². The summed E-state index contributed by atoms with van der Waals surface area (Å²) >= 11 is 5.93. The number of anilines is 2. The van der Waals surface area contributed by atoms with Gasteiger partial charge in [-0.05, 0) is 30.3 Å². The van der Waals surface area contributed by atoms with Crippen LogP contribution in [0.2, 0.25) is 5.02 Å². The van der Waals surface area contributed by atoms with Crippen LogP contribution >= 0.6 is 11.6 Å². The largest absolute Gasteiger partial charge is 0.399 e. The quantitative estimate of drug-likeness (QED) is 0.499. The Morgan fingerprint density at radius 1 is 1.05 bits per heavy atom. The summed E-state index contributed by atoms with van der Waals surface area (Å²) < 4.78 is 0. The molecule has 0 amide bonds. The van der Waals surface area contributed by atoms with E-state index in [0.717, 1.165) is 10.9 Å². The molecule has 5 N–H and O–H groups in total. The summed E-state index contributed by atoms with van der Waals surface area (Å²) in [6.07, 6.45) is 1.67. The molecular weight excluding hydrogens is 274 g/mol. The summed E-state index contributed by atoms with van der Waals surface area (Å²) in [6.45, 7) is 0. The highest BCUT2D eigenvalue weighted by Gasteiger charge is 2.15.